The van der Waals surface area contributed by atoms with Crippen LogP contribution in [0.3, 0.4) is 0 Å². The largest absolute Gasteiger partial charge is 0.493 e. The summed E-state index contributed by atoms with van der Waals surface area (Å²) in [5.41, 5.74) is 1.69. The highest BCUT2D eigenvalue weighted by atomic mass is 79.9. The molecule has 1 aromatic heterocycles. The van der Waals surface area contributed by atoms with Crippen molar-refractivity contribution in [1.82, 2.24) is 14.9 Å². The lowest BCUT2D eigenvalue weighted by molar-refractivity contribution is -0.144. The summed E-state index contributed by atoms with van der Waals surface area (Å²) < 4.78 is 17.8. The number of rotatable bonds is 9. The maximum atomic E-state index is 11.7. The van der Waals surface area contributed by atoms with E-state index in [1.54, 1.807) is 7.11 Å². The van der Waals surface area contributed by atoms with Gasteiger partial charge in [-0.05, 0) is 63.0 Å². The Morgan fingerprint density at radius 2 is 2.00 bits per heavy atom. The molecule has 0 unspecified atom stereocenters. The zero-order valence-electron chi connectivity index (χ0n) is 19.4. The molecule has 8 nitrogen and oxygen atoms in total. The summed E-state index contributed by atoms with van der Waals surface area (Å²) in [6.07, 6.45) is 3.47. The smallest absolute Gasteiger partial charge is 0.320 e. The van der Waals surface area contributed by atoms with Crippen LogP contribution in [0.4, 0.5) is 11.5 Å². The number of ether oxygens (including phenoxy) is 3. The Balaban J connectivity index is 1.44. The Hall–Kier alpha value is -2.91. The molecule has 0 bridgehead atoms. The molecule has 0 amide bonds. The molecule has 1 aliphatic rings. The standard InChI is InChI=1S/C25H29BrN4O4/c1-3-33-24(31)14-30-9-7-17(8-10-30)15-34-23-12-20-21(13-22(23)32-2)27-16-28-25(20)29-19-6-4-5-18(26)11-19/h4-6,11-13,16-17H,3,7-10,14-15H2,1-2H3,(H,27,28,29). The minimum Gasteiger partial charge on any atom is -0.493 e. The molecule has 0 atom stereocenters. The van der Waals surface area contributed by atoms with E-state index in [2.05, 4.69) is 36.1 Å². The van der Waals surface area contributed by atoms with E-state index >= 15 is 0 Å². The summed E-state index contributed by atoms with van der Waals surface area (Å²) in [6, 6.07) is 11.7. The molecule has 3 aromatic rings. The number of aromatic nitrogens is 2. The Labute approximate surface area is 207 Å². The van der Waals surface area contributed by atoms with E-state index in [1.807, 2.05) is 43.3 Å². The number of fused-ring (bicyclic) bond motifs is 1. The van der Waals surface area contributed by atoms with Crippen LogP contribution in [0.1, 0.15) is 19.8 Å². The van der Waals surface area contributed by atoms with Gasteiger partial charge in [-0.25, -0.2) is 9.97 Å². The number of hydrogen-bond acceptors (Lipinski definition) is 8. The van der Waals surface area contributed by atoms with E-state index in [9.17, 15) is 4.79 Å². The van der Waals surface area contributed by atoms with Gasteiger partial charge in [0.1, 0.15) is 12.1 Å². The van der Waals surface area contributed by atoms with Crippen molar-refractivity contribution in [1.29, 1.82) is 0 Å². The molecule has 34 heavy (non-hydrogen) atoms. The molecule has 4 rings (SSSR count). The van der Waals surface area contributed by atoms with E-state index < -0.39 is 0 Å². The van der Waals surface area contributed by atoms with E-state index in [0.717, 1.165) is 47.0 Å². The Morgan fingerprint density at radius 3 is 2.74 bits per heavy atom. The number of benzene rings is 2. The molecule has 0 spiro atoms. The zero-order chi connectivity index (χ0) is 23.9. The van der Waals surface area contributed by atoms with Gasteiger partial charge < -0.3 is 19.5 Å². The zero-order valence-corrected chi connectivity index (χ0v) is 21.0. The molecule has 0 radical (unpaired) electrons. The number of esters is 1. The van der Waals surface area contributed by atoms with Gasteiger partial charge in [-0.15, -0.1) is 0 Å². The Bertz CT molecular complexity index is 1140. The summed E-state index contributed by atoms with van der Waals surface area (Å²) in [6.45, 7) is 4.90. The second kappa shape index (κ2) is 11.5. The molecule has 1 aliphatic heterocycles. The lowest BCUT2D eigenvalue weighted by Crippen LogP contribution is -2.39. The number of carbonyl (C=O) groups is 1. The van der Waals surface area contributed by atoms with Gasteiger partial charge in [-0.3, -0.25) is 9.69 Å². The number of nitrogens with one attached hydrogen (secondary N) is 1. The fourth-order valence-corrected chi connectivity index (χ4v) is 4.45. The summed E-state index contributed by atoms with van der Waals surface area (Å²) in [7, 11) is 1.63. The predicted octanol–water partition coefficient (Wildman–Crippen LogP) is 4.80. The van der Waals surface area contributed by atoms with E-state index in [-0.39, 0.29) is 5.97 Å². The minimum atomic E-state index is -0.160. The highest BCUT2D eigenvalue weighted by Gasteiger charge is 2.22. The number of halogens is 1. The van der Waals surface area contributed by atoms with Crippen LogP contribution in [0.25, 0.3) is 10.9 Å². The van der Waals surface area contributed by atoms with Crippen molar-refractivity contribution < 1.29 is 19.0 Å². The van der Waals surface area contributed by atoms with Crippen molar-refractivity contribution >= 4 is 44.3 Å². The van der Waals surface area contributed by atoms with Gasteiger partial charge >= 0.3 is 5.97 Å². The number of likely N-dealkylation sites (tertiary alicyclic amines) is 1. The molecule has 0 saturated carbocycles. The maximum Gasteiger partial charge on any atom is 0.320 e. The molecule has 1 saturated heterocycles. The first-order valence-corrected chi connectivity index (χ1v) is 12.2. The molecule has 1 fully saturated rings. The van der Waals surface area contributed by atoms with Crippen LogP contribution in [-0.4, -0.2) is 60.8 Å². The van der Waals surface area contributed by atoms with E-state index in [1.165, 1.54) is 6.33 Å². The molecule has 2 aromatic carbocycles. The topological polar surface area (TPSA) is 85.8 Å². The van der Waals surface area contributed by atoms with Crippen molar-refractivity contribution in [2.24, 2.45) is 5.92 Å². The lowest BCUT2D eigenvalue weighted by atomic mass is 9.98. The highest BCUT2D eigenvalue weighted by Crippen LogP contribution is 2.35. The van der Waals surface area contributed by atoms with Gasteiger partial charge in [0.25, 0.3) is 0 Å². The summed E-state index contributed by atoms with van der Waals surface area (Å²) in [5.74, 6) is 2.25. The number of carbonyl (C=O) groups excluding carboxylic acids is 1. The lowest BCUT2D eigenvalue weighted by Gasteiger charge is -2.31. The summed E-state index contributed by atoms with van der Waals surface area (Å²) in [5, 5.41) is 4.22. The normalized spacial score (nSPS) is 14.7. The minimum absolute atomic E-state index is 0.160. The monoisotopic (exact) mass is 528 g/mol. The third-order valence-electron chi connectivity index (χ3n) is 5.85. The van der Waals surface area contributed by atoms with Crippen LogP contribution in [0.5, 0.6) is 11.5 Å². The summed E-state index contributed by atoms with van der Waals surface area (Å²) in [4.78, 5) is 22.7. The second-order valence-corrected chi connectivity index (χ2v) is 9.13. The molecule has 2 heterocycles. The van der Waals surface area contributed by atoms with Crippen LogP contribution in [0.15, 0.2) is 47.2 Å². The fraction of sp³-hybridized carbons (Fsp3) is 0.400. The van der Waals surface area contributed by atoms with Crippen LogP contribution < -0.4 is 14.8 Å². The van der Waals surface area contributed by atoms with Crippen LogP contribution >= 0.6 is 15.9 Å². The first kappa shape index (κ1) is 24.2. The summed E-state index contributed by atoms with van der Waals surface area (Å²) >= 11 is 3.50. The van der Waals surface area contributed by atoms with Crippen molar-refractivity contribution in [2.75, 3.05) is 45.3 Å². The van der Waals surface area contributed by atoms with E-state index in [0.29, 0.717) is 43.0 Å². The average molecular weight is 529 g/mol. The van der Waals surface area contributed by atoms with Crippen molar-refractivity contribution in [3.63, 3.8) is 0 Å². The molecular formula is C25H29BrN4O4. The van der Waals surface area contributed by atoms with Crippen LogP contribution in [0, 0.1) is 5.92 Å². The molecule has 0 aliphatic carbocycles. The quantitative estimate of drug-likeness (QED) is 0.396. The van der Waals surface area contributed by atoms with Gasteiger partial charge in [0, 0.05) is 21.6 Å². The first-order valence-electron chi connectivity index (χ1n) is 11.4. The fourth-order valence-electron chi connectivity index (χ4n) is 4.05. The van der Waals surface area contributed by atoms with Crippen molar-refractivity contribution in [3.05, 3.63) is 47.2 Å². The third kappa shape index (κ3) is 6.15. The van der Waals surface area contributed by atoms with Gasteiger partial charge in [-0.2, -0.15) is 0 Å². The first-order chi connectivity index (χ1) is 16.6. The third-order valence-corrected chi connectivity index (χ3v) is 6.34. The molecule has 1 N–H and O–H groups in total. The highest BCUT2D eigenvalue weighted by molar-refractivity contribution is 9.10. The molecule has 9 heteroatoms. The van der Waals surface area contributed by atoms with Gasteiger partial charge in [-0.1, -0.05) is 22.0 Å². The number of methoxy groups -OCH3 is 1. The number of nitrogens with zero attached hydrogens (tertiary/aromatic N) is 3. The Morgan fingerprint density at radius 1 is 1.18 bits per heavy atom. The van der Waals surface area contributed by atoms with E-state index in [4.69, 9.17) is 14.2 Å². The SMILES string of the molecule is CCOC(=O)CN1CCC(COc2cc3c(Nc4cccc(Br)c4)ncnc3cc2OC)CC1. The number of hydrogen-bond donors (Lipinski definition) is 1. The predicted molar refractivity (Wildman–Crippen MR) is 135 cm³/mol. The second-order valence-electron chi connectivity index (χ2n) is 8.21. The van der Waals surface area contributed by atoms with Gasteiger partial charge in [0.2, 0.25) is 0 Å². The van der Waals surface area contributed by atoms with Crippen molar-refractivity contribution in [3.8, 4) is 11.5 Å². The van der Waals surface area contributed by atoms with Gasteiger partial charge in [0.05, 0.1) is 32.4 Å². The molecule has 180 valence electrons. The van der Waals surface area contributed by atoms with Crippen LogP contribution in [-0.2, 0) is 9.53 Å². The molecular weight excluding hydrogens is 500 g/mol. The Kier molecular flexibility index (Phi) is 8.18. The van der Waals surface area contributed by atoms with Gasteiger partial charge in [0.15, 0.2) is 11.5 Å². The van der Waals surface area contributed by atoms with Crippen molar-refractivity contribution in [2.45, 2.75) is 19.8 Å². The number of anilines is 2. The average Bonchev–Trinajstić information content (AvgIpc) is 2.83. The maximum absolute atomic E-state index is 11.7. The number of piperidine rings is 1. The van der Waals surface area contributed by atoms with Crippen LogP contribution in [0.2, 0.25) is 0 Å².